The summed E-state index contributed by atoms with van der Waals surface area (Å²) in [7, 11) is 0. The third kappa shape index (κ3) is 2.68. The van der Waals surface area contributed by atoms with Crippen LogP contribution in [0.4, 0.5) is 10.1 Å². The number of halogens is 1. The number of hydrogen-bond donors (Lipinski definition) is 2. The molecule has 7 heteroatoms. The van der Waals surface area contributed by atoms with Gasteiger partial charge in [-0.15, -0.1) is 0 Å². The maximum Gasteiger partial charge on any atom is 0.262 e. The third-order valence-electron chi connectivity index (χ3n) is 4.06. The number of aromatic nitrogens is 2. The number of nitrogens with zero attached hydrogens (tertiary/aromatic N) is 2. The van der Waals surface area contributed by atoms with Crippen LogP contribution in [0, 0.1) is 10.6 Å². The first-order chi connectivity index (χ1) is 12.5. The van der Waals surface area contributed by atoms with E-state index in [0.29, 0.717) is 11.3 Å². The van der Waals surface area contributed by atoms with Crippen molar-refractivity contribution >= 4 is 35.8 Å². The number of H-pyrrole nitrogens is 1. The molecule has 0 aliphatic carbocycles. The molecule has 4 rings (SSSR count). The molecule has 2 heterocycles. The van der Waals surface area contributed by atoms with Gasteiger partial charge in [0.1, 0.15) is 11.4 Å². The summed E-state index contributed by atoms with van der Waals surface area (Å²) < 4.78 is 14.5. The number of aromatic hydroxyl groups is 1. The van der Waals surface area contributed by atoms with Crippen molar-refractivity contribution in [3.05, 3.63) is 80.6 Å². The van der Waals surface area contributed by atoms with Crippen LogP contribution in [-0.4, -0.2) is 20.9 Å². The fourth-order valence-electron chi connectivity index (χ4n) is 2.81. The van der Waals surface area contributed by atoms with Crippen LogP contribution in [0.5, 0.6) is 5.88 Å². The van der Waals surface area contributed by atoms with Gasteiger partial charge in [-0.3, -0.25) is 19.3 Å². The van der Waals surface area contributed by atoms with E-state index in [0.717, 1.165) is 11.3 Å². The van der Waals surface area contributed by atoms with E-state index in [9.17, 15) is 14.3 Å². The zero-order chi connectivity index (χ0) is 18.3. The van der Waals surface area contributed by atoms with Gasteiger partial charge in [-0.05, 0) is 48.6 Å². The Hall–Kier alpha value is -3.32. The summed E-state index contributed by atoms with van der Waals surface area (Å²) in [6.07, 6.45) is 3.19. The first-order valence-corrected chi connectivity index (χ1v) is 8.15. The van der Waals surface area contributed by atoms with Crippen LogP contribution in [0.2, 0.25) is 0 Å². The minimum Gasteiger partial charge on any atom is -0.494 e. The summed E-state index contributed by atoms with van der Waals surface area (Å²) in [6.45, 7) is 0. The smallest absolute Gasteiger partial charge is 0.262 e. The predicted molar refractivity (Wildman–Crippen MR) is 101 cm³/mol. The Morgan fingerprint density at radius 3 is 2.65 bits per heavy atom. The van der Waals surface area contributed by atoms with Gasteiger partial charge < -0.3 is 5.11 Å². The quantitative estimate of drug-likeness (QED) is 0.675. The zero-order valence-corrected chi connectivity index (χ0v) is 14.1. The van der Waals surface area contributed by atoms with E-state index in [-0.39, 0.29) is 16.2 Å². The summed E-state index contributed by atoms with van der Waals surface area (Å²) in [5, 5.41) is 10.7. The average molecular weight is 365 g/mol. The zero-order valence-electron chi connectivity index (χ0n) is 13.3. The van der Waals surface area contributed by atoms with Gasteiger partial charge in [0, 0.05) is 17.4 Å². The normalized spacial score (nSPS) is 14.0. The van der Waals surface area contributed by atoms with Crippen molar-refractivity contribution < 1.29 is 9.50 Å². The number of hydrogen-bond acceptors (Lipinski definition) is 4. The molecule has 0 fully saturated rings. The van der Waals surface area contributed by atoms with Crippen molar-refractivity contribution in [1.29, 1.82) is 0 Å². The lowest BCUT2D eigenvalue weighted by Crippen LogP contribution is -2.16. The van der Waals surface area contributed by atoms with Crippen LogP contribution in [0.25, 0.3) is 17.3 Å². The molecule has 0 bridgehead atoms. The van der Waals surface area contributed by atoms with E-state index in [4.69, 9.17) is 12.2 Å². The van der Waals surface area contributed by atoms with E-state index in [1.165, 1.54) is 28.8 Å². The minimum absolute atomic E-state index is 0.0155. The molecule has 2 aromatic carbocycles. The van der Waals surface area contributed by atoms with Crippen molar-refractivity contribution in [1.82, 2.24) is 9.55 Å². The second kappa shape index (κ2) is 6.20. The number of allylic oxidation sites excluding steroid dienone is 1. The molecule has 128 valence electrons. The number of rotatable bonds is 2. The first kappa shape index (κ1) is 16.2. The van der Waals surface area contributed by atoms with Gasteiger partial charge in [0.2, 0.25) is 5.88 Å². The van der Waals surface area contributed by atoms with Crippen molar-refractivity contribution in [3.8, 4) is 11.6 Å². The molecular formula is C19H12FN3O2S. The highest BCUT2D eigenvalue weighted by Crippen LogP contribution is 2.33. The molecule has 3 aromatic rings. The molecule has 0 saturated heterocycles. The Morgan fingerprint density at radius 1 is 1.15 bits per heavy atom. The topological polar surface area (TPSA) is 70.4 Å². The van der Waals surface area contributed by atoms with Gasteiger partial charge >= 0.3 is 0 Å². The molecule has 1 aliphatic rings. The van der Waals surface area contributed by atoms with Crippen molar-refractivity contribution in [2.75, 3.05) is 0 Å². The highest BCUT2D eigenvalue weighted by molar-refractivity contribution is 7.71. The fraction of sp³-hybridized carbons (Fsp3) is 0. The van der Waals surface area contributed by atoms with Crippen LogP contribution in [-0.2, 0) is 0 Å². The van der Waals surface area contributed by atoms with Crippen molar-refractivity contribution in [2.24, 2.45) is 4.99 Å². The average Bonchev–Trinajstić information content (AvgIpc) is 3.03. The molecule has 0 atom stereocenters. The Kier molecular flexibility index (Phi) is 3.85. The molecule has 0 amide bonds. The Labute approximate surface area is 152 Å². The third-order valence-corrected chi connectivity index (χ3v) is 4.35. The lowest BCUT2D eigenvalue weighted by molar-refractivity contribution is 0.432. The van der Waals surface area contributed by atoms with Crippen LogP contribution in [0.15, 0.2) is 58.3 Å². The molecular weight excluding hydrogens is 353 g/mol. The predicted octanol–water partition coefficient (Wildman–Crippen LogP) is 4.00. The summed E-state index contributed by atoms with van der Waals surface area (Å²) >= 11 is 5.15. The largest absolute Gasteiger partial charge is 0.494 e. The summed E-state index contributed by atoms with van der Waals surface area (Å²) in [5.41, 5.74) is 2.31. The number of aliphatic imine (C=N–C) groups is 1. The highest BCUT2D eigenvalue weighted by atomic mass is 32.1. The Balaban J connectivity index is 1.91. The molecule has 0 saturated carbocycles. The monoisotopic (exact) mass is 365 g/mol. The number of aromatic amines is 1. The number of benzene rings is 2. The number of fused-ring (bicyclic) bond motifs is 1. The molecule has 26 heavy (non-hydrogen) atoms. The first-order valence-electron chi connectivity index (χ1n) is 7.74. The van der Waals surface area contributed by atoms with Gasteiger partial charge in [-0.25, -0.2) is 4.39 Å². The van der Waals surface area contributed by atoms with Crippen LogP contribution >= 0.6 is 12.2 Å². The maximum absolute atomic E-state index is 13.2. The standard InChI is InChI=1S/C19H12FN3O2S/c20-12-5-7-13(8-6-12)23-18(25)15(17(24)22-19(23)26)9-11-10-21-16-4-2-1-3-14(11)16/h1-10,25H,(H,22,24,26). The fourth-order valence-corrected chi connectivity index (χ4v) is 3.09. The SMILES string of the molecule is O=c1[nH]c(=S)n(-c2ccc(F)cc2)c(O)c1C=C1C=Nc2ccccc21. The van der Waals surface area contributed by atoms with Crippen LogP contribution in [0.1, 0.15) is 11.1 Å². The van der Waals surface area contributed by atoms with E-state index in [1.54, 1.807) is 12.3 Å². The minimum atomic E-state index is -0.517. The summed E-state index contributed by atoms with van der Waals surface area (Å²) in [5.74, 6) is -0.735. The molecule has 0 unspecified atom stereocenters. The van der Waals surface area contributed by atoms with Gasteiger partial charge in [0.25, 0.3) is 5.56 Å². The van der Waals surface area contributed by atoms with Gasteiger partial charge in [-0.2, -0.15) is 0 Å². The molecule has 1 aromatic heterocycles. The van der Waals surface area contributed by atoms with Crippen LogP contribution < -0.4 is 5.56 Å². The van der Waals surface area contributed by atoms with E-state index < -0.39 is 11.4 Å². The van der Waals surface area contributed by atoms with Crippen LogP contribution in [0.3, 0.4) is 0 Å². The second-order valence-electron chi connectivity index (χ2n) is 5.68. The number of para-hydroxylation sites is 1. The van der Waals surface area contributed by atoms with E-state index in [1.807, 2.05) is 24.3 Å². The Morgan fingerprint density at radius 2 is 1.88 bits per heavy atom. The molecule has 0 radical (unpaired) electrons. The van der Waals surface area contributed by atoms with Crippen molar-refractivity contribution in [2.45, 2.75) is 0 Å². The van der Waals surface area contributed by atoms with Gasteiger partial charge in [-0.1, -0.05) is 18.2 Å². The second-order valence-corrected chi connectivity index (χ2v) is 6.07. The van der Waals surface area contributed by atoms with Gasteiger partial charge in [0.05, 0.1) is 11.4 Å². The molecule has 1 aliphatic heterocycles. The Bertz CT molecular complexity index is 1190. The van der Waals surface area contributed by atoms with E-state index in [2.05, 4.69) is 9.98 Å². The molecule has 5 nitrogen and oxygen atoms in total. The van der Waals surface area contributed by atoms with Crippen molar-refractivity contribution in [3.63, 3.8) is 0 Å². The maximum atomic E-state index is 13.2. The molecule has 0 spiro atoms. The molecule has 2 N–H and O–H groups in total. The van der Waals surface area contributed by atoms with E-state index >= 15 is 0 Å². The number of nitrogens with one attached hydrogen (secondary N) is 1. The van der Waals surface area contributed by atoms with Gasteiger partial charge in [0.15, 0.2) is 4.77 Å². The lowest BCUT2D eigenvalue weighted by atomic mass is 10.1. The lowest BCUT2D eigenvalue weighted by Gasteiger charge is -2.11. The highest BCUT2D eigenvalue weighted by Gasteiger charge is 2.16. The summed E-state index contributed by atoms with van der Waals surface area (Å²) in [6, 6.07) is 12.9. The summed E-state index contributed by atoms with van der Waals surface area (Å²) in [4.78, 5) is 19.2.